The monoisotopic (exact) mass is 638 g/mol. The molecule has 0 aliphatic heterocycles. The van der Waals surface area contributed by atoms with E-state index in [0.29, 0.717) is 12.8 Å². The van der Waals surface area contributed by atoms with Gasteiger partial charge in [-0.3, -0.25) is 14.4 Å². The second-order valence-corrected chi connectivity index (χ2v) is 13.6. The number of hydrogen-bond acceptors (Lipinski definition) is 4. The Labute approximate surface area is 279 Å². The Kier molecular flexibility index (Phi) is 34.0. The number of ether oxygens (including phenoxy) is 1. The molecule has 0 fully saturated rings. The van der Waals surface area contributed by atoms with Crippen molar-refractivity contribution < 1.29 is 24.2 Å². The van der Waals surface area contributed by atoms with Crippen LogP contribution in [-0.4, -0.2) is 35.6 Å². The van der Waals surface area contributed by atoms with Crippen LogP contribution in [0.1, 0.15) is 219 Å². The Bertz CT molecular complexity index is 668. The smallest absolute Gasteiger partial charge is 0.322 e. The summed E-state index contributed by atoms with van der Waals surface area (Å²) in [6, 6.07) is 0. The highest BCUT2D eigenvalue weighted by Gasteiger charge is 2.14. The Morgan fingerprint density at radius 2 is 0.822 bits per heavy atom. The molecule has 0 radical (unpaired) electrons. The van der Waals surface area contributed by atoms with E-state index in [1.54, 1.807) is 0 Å². The lowest BCUT2D eigenvalue weighted by atomic mass is 10.0. The highest BCUT2D eigenvalue weighted by Crippen LogP contribution is 2.19. The van der Waals surface area contributed by atoms with Crippen LogP contribution in [0.4, 0.5) is 0 Å². The molecule has 0 bridgehead atoms. The van der Waals surface area contributed by atoms with Gasteiger partial charge in [0.1, 0.15) is 12.6 Å². The minimum atomic E-state index is -1.01. The molecule has 1 atom stereocenters. The van der Waals surface area contributed by atoms with Crippen LogP contribution >= 0.6 is 0 Å². The van der Waals surface area contributed by atoms with Crippen molar-refractivity contribution in [1.29, 1.82) is 0 Å². The largest absolute Gasteiger partial charge is 0.480 e. The van der Waals surface area contributed by atoms with E-state index in [1.807, 2.05) is 0 Å². The Morgan fingerprint density at radius 3 is 1.20 bits per heavy atom. The molecule has 0 saturated carbocycles. The Balaban J connectivity index is 4.14. The number of hydrogen-bond donors (Lipinski definition) is 2. The standard InChI is InChI=1S/C39H75NO5/c1-3-5-7-9-11-13-15-17-18-20-23-27-31-36(32-28-24-22-25-29-33-37(41)40-35-38(42)43)45-39(44)34-30-26-21-19-16-14-12-10-8-6-4-2/h36H,3-35H2,1-2H3,(H,40,41)(H,42,43). The molecule has 0 rings (SSSR count). The summed E-state index contributed by atoms with van der Waals surface area (Å²) < 4.78 is 6.01. The molecule has 266 valence electrons. The summed E-state index contributed by atoms with van der Waals surface area (Å²) >= 11 is 0. The van der Waals surface area contributed by atoms with Crippen LogP contribution in [0.25, 0.3) is 0 Å². The fourth-order valence-electron chi connectivity index (χ4n) is 6.10. The van der Waals surface area contributed by atoms with Gasteiger partial charge in [0.2, 0.25) is 5.91 Å². The minimum Gasteiger partial charge on any atom is -0.480 e. The van der Waals surface area contributed by atoms with Gasteiger partial charge in [-0.25, -0.2) is 0 Å². The van der Waals surface area contributed by atoms with Gasteiger partial charge >= 0.3 is 11.9 Å². The molecule has 2 N–H and O–H groups in total. The molecule has 0 aliphatic rings. The highest BCUT2D eigenvalue weighted by atomic mass is 16.5. The van der Waals surface area contributed by atoms with Gasteiger partial charge in [0.15, 0.2) is 0 Å². The van der Waals surface area contributed by atoms with E-state index in [2.05, 4.69) is 19.2 Å². The molecule has 0 aromatic carbocycles. The van der Waals surface area contributed by atoms with Gasteiger partial charge in [0, 0.05) is 12.8 Å². The quantitative estimate of drug-likeness (QED) is 0.0526. The third kappa shape index (κ3) is 35.1. The molecule has 0 heterocycles. The Hall–Kier alpha value is -1.59. The molecule has 0 aliphatic carbocycles. The van der Waals surface area contributed by atoms with Gasteiger partial charge < -0.3 is 15.2 Å². The molecule has 0 spiro atoms. The fourth-order valence-corrected chi connectivity index (χ4v) is 6.10. The van der Waals surface area contributed by atoms with E-state index in [9.17, 15) is 14.4 Å². The fraction of sp³-hybridized carbons (Fsp3) is 0.923. The van der Waals surface area contributed by atoms with E-state index in [1.165, 1.54) is 128 Å². The molecular weight excluding hydrogens is 562 g/mol. The zero-order valence-electron chi connectivity index (χ0n) is 30.0. The molecule has 6 heteroatoms. The van der Waals surface area contributed by atoms with Gasteiger partial charge in [0.25, 0.3) is 0 Å². The van der Waals surface area contributed by atoms with Crippen LogP contribution in [0, 0.1) is 0 Å². The molecule has 0 saturated heterocycles. The zero-order valence-corrected chi connectivity index (χ0v) is 30.0. The number of carboxylic acids is 1. The van der Waals surface area contributed by atoms with E-state index < -0.39 is 5.97 Å². The normalized spacial score (nSPS) is 11.9. The summed E-state index contributed by atoms with van der Waals surface area (Å²) in [7, 11) is 0. The van der Waals surface area contributed by atoms with E-state index in [4.69, 9.17) is 9.84 Å². The first-order valence-electron chi connectivity index (χ1n) is 19.7. The van der Waals surface area contributed by atoms with E-state index >= 15 is 0 Å². The lowest BCUT2D eigenvalue weighted by Crippen LogP contribution is -2.28. The van der Waals surface area contributed by atoms with Crippen LogP contribution in [-0.2, 0) is 19.1 Å². The lowest BCUT2D eigenvalue weighted by molar-refractivity contribution is -0.150. The molecule has 0 aromatic heterocycles. The maximum atomic E-state index is 12.7. The lowest BCUT2D eigenvalue weighted by Gasteiger charge is -2.18. The van der Waals surface area contributed by atoms with Crippen molar-refractivity contribution in [3.05, 3.63) is 0 Å². The Morgan fingerprint density at radius 1 is 0.489 bits per heavy atom. The number of unbranched alkanes of at least 4 members (excludes halogenated alkanes) is 25. The summed E-state index contributed by atoms with van der Waals surface area (Å²) in [6.07, 6.45) is 37.9. The van der Waals surface area contributed by atoms with Crippen LogP contribution in [0.15, 0.2) is 0 Å². The van der Waals surface area contributed by atoms with E-state index in [0.717, 1.165) is 64.2 Å². The van der Waals surface area contributed by atoms with Gasteiger partial charge in [-0.15, -0.1) is 0 Å². The predicted octanol–water partition coefficient (Wildman–Crippen LogP) is 11.6. The van der Waals surface area contributed by atoms with E-state index in [-0.39, 0.29) is 24.5 Å². The van der Waals surface area contributed by atoms with Crippen molar-refractivity contribution in [1.82, 2.24) is 5.32 Å². The van der Waals surface area contributed by atoms with Crippen molar-refractivity contribution in [3.63, 3.8) is 0 Å². The number of esters is 1. The minimum absolute atomic E-state index is 0.0118. The van der Waals surface area contributed by atoms with Gasteiger partial charge in [-0.1, -0.05) is 168 Å². The van der Waals surface area contributed by atoms with Crippen LogP contribution in [0.2, 0.25) is 0 Å². The third-order valence-electron chi connectivity index (χ3n) is 9.03. The second-order valence-electron chi connectivity index (χ2n) is 13.6. The van der Waals surface area contributed by atoms with Crippen molar-refractivity contribution in [2.45, 2.75) is 225 Å². The first kappa shape index (κ1) is 43.4. The van der Waals surface area contributed by atoms with Crippen molar-refractivity contribution in [2.75, 3.05) is 6.54 Å². The number of carboxylic acid groups (broad SMARTS) is 1. The number of carbonyl (C=O) groups is 3. The number of carbonyl (C=O) groups excluding carboxylic acids is 2. The molecule has 45 heavy (non-hydrogen) atoms. The zero-order chi connectivity index (χ0) is 33.1. The number of amides is 1. The maximum absolute atomic E-state index is 12.7. The average Bonchev–Trinajstić information content (AvgIpc) is 3.02. The topological polar surface area (TPSA) is 92.7 Å². The first-order valence-corrected chi connectivity index (χ1v) is 19.7. The van der Waals surface area contributed by atoms with Gasteiger partial charge in [-0.2, -0.15) is 0 Å². The third-order valence-corrected chi connectivity index (χ3v) is 9.03. The molecule has 1 amide bonds. The summed E-state index contributed by atoms with van der Waals surface area (Å²) in [5, 5.41) is 11.1. The number of rotatable bonds is 36. The maximum Gasteiger partial charge on any atom is 0.322 e. The van der Waals surface area contributed by atoms with Crippen LogP contribution in [0.3, 0.4) is 0 Å². The van der Waals surface area contributed by atoms with Gasteiger partial charge in [-0.05, 0) is 38.5 Å². The summed E-state index contributed by atoms with van der Waals surface area (Å²) in [6.45, 7) is 4.23. The van der Waals surface area contributed by atoms with Crippen LogP contribution in [0.5, 0.6) is 0 Å². The second kappa shape index (κ2) is 35.3. The molecule has 0 aromatic rings. The van der Waals surface area contributed by atoms with Crippen molar-refractivity contribution in [3.8, 4) is 0 Å². The first-order chi connectivity index (χ1) is 22.0. The molecule has 1 unspecified atom stereocenters. The average molecular weight is 638 g/mol. The SMILES string of the molecule is CCCCCCCCCCCCCCC(CCCCCCCC(=O)NCC(=O)O)OC(=O)CCCCCCCCCCCCC. The highest BCUT2D eigenvalue weighted by molar-refractivity contribution is 5.80. The molecule has 6 nitrogen and oxygen atoms in total. The van der Waals surface area contributed by atoms with Crippen LogP contribution < -0.4 is 5.32 Å². The van der Waals surface area contributed by atoms with Crippen molar-refractivity contribution >= 4 is 17.8 Å². The van der Waals surface area contributed by atoms with Crippen molar-refractivity contribution in [2.24, 2.45) is 0 Å². The number of aliphatic carboxylic acids is 1. The number of nitrogens with one attached hydrogen (secondary N) is 1. The predicted molar refractivity (Wildman–Crippen MR) is 190 cm³/mol. The van der Waals surface area contributed by atoms with Gasteiger partial charge in [0.05, 0.1) is 0 Å². The summed E-state index contributed by atoms with van der Waals surface area (Å²) in [5.41, 5.74) is 0. The summed E-state index contributed by atoms with van der Waals surface area (Å²) in [4.78, 5) is 34.9. The summed E-state index contributed by atoms with van der Waals surface area (Å²) in [5.74, 6) is -1.22. The molecular formula is C39H75NO5.